The van der Waals surface area contributed by atoms with Crippen LogP contribution in [-0.4, -0.2) is 10.0 Å². The third-order valence-corrected chi connectivity index (χ3v) is 2.52. The van der Waals surface area contributed by atoms with Gasteiger partial charge in [-0.05, 0) is 17.7 Å². The first-order chi connectivity index (χ1) is 8.68. The highest BCUT2D eigenvalue weighted by atomic mass is 16.6. The van der Waals surface area contributed by atoms with E-state index < -0.39 is 4.92 Å². The van der Waals surface area contributed by atoms with Crippen LogP contribution in [0.15, 0.2) is 48.5 Å². The highest BCUT2D eigenvalue weighted by Gasteiger charge is 2.18. The van der Waals surface area contributed by atoms with Crippen molar-refractivity contribution in [1.82, 2.24) is 0 Å². The molecule has 2 aromatic rings. The van der Waals surface area contributed by atoms with Crippen molar-refractivity contribution >= 4 is 11.4 Å². The molecule has 0 aliphatic rings. The number of aromatic hydroxyl groups is 1. The molecule has 0 bridgehead atoms. The summed E-state index contributed by atoms with van der Waals surface area (Å²) in [4.78, 5) is 10.3. The van der Waals surface area contributed by atoms with Crippen molar-refractivity contribution in [2.75, 3.05) is 5.32 Å². The van der Waals surface area contributed by atoms with Gasteiger partial charge in [0.05, 0.1) is 4.92 Å². The van der Waals surface area contributed by atoms with Crippen LogP contribution >= 0.6 is 0 Å². The average Bonchev–Trinajstić information content (AvgIpc) is 2.37. The Balaban J connectivity index is 2.20. The summed E-state index contributed by atoms with van der Waals surface area (Å²) in [6.45, 7) is 0.463. The van der Waals surface area contributed by atoms with Crippen molar-refractivity contribution in [3.8, 4) is 5.75 Å². The predicted molar refractivity (Wildman–Crippen MR) is 68.5 cm³/mol. The molecule has 2 rings (SSSR count). The first-order valence-corrected chi connectivity index (χ1v) is 5.42. The fraction of sp³-hybridized carbons (Fsp3) is 0.0769. The Kier molecular flexibility index (Phi) is 3.43. The van der Waals surface area contributed by atoms with Crippen LogP contribution in [0.1, 0.15) is 5.56 Å². The summed E-state index contributed by atoms with van der Waals surface area (Å²) < 4.78 is 0. The van der Waals surface area contributed by atoms with Crippen LogP contribution < -0.4 is 5.32 Å². The molecule has 0 aromatic heterocycles. The number of nitro groups is 1. The monoisotopic (exact) mass is 244 g/mol. The molecule has 0 saturated carbocycles. The minimum atomic E-state index is -0.595. The number of anilines is 1. The smallest absolute Gasteiger partial charge is 0.333 e. The van der Waals surface area contributed by atoms with Gasteiger partial charge >= 0.3 is 5.69 Å². The quantitative estimate of drug-likeness (QED) is 0.640. The molecule has 0 unspecified atom stereocenters. The molecule has 2 N–H and O–H groups in total. The van der Waals surface area contributed by atoms with Gasteiger partial charge < -0.3 is 10.4 Å². The lowest BCUT2D eigenvalue weighted by molar-refractivity contribution is -0.385. The maximum atomic E-state index is 10.9. The van der Waals surface area contributed by atoms with E-state index in [1.807, 2.05) is 30.3 Å². The number of nitrogens with zero attached hydrogens (tertiary/aromatic N) is 1. The summed E-state index contributed by atoms with van der Waals surface area (Å²) in [7, 11) is 0. The van der Waals surface area contributed by atoms with E-state index >= 15 is 0 Å². The molecule has 0 spiro atoms. The molecule has 5 nitrogen and oxygen atoms in total. The normalized spacial score (nSPS) is 10.0. The maximum Gasteiger partial charge on any atom is 0.333 e. The highest BCUT2D eigenvalue weighted by Crippen LogP contribution is 2.33. The van der Waals surface area contributed by atoms with Crippen LogP contribution in [0.2, 0.25) is 0 Å². The number of nitrogens with one attached hydrogen (secondary N) is 1. The number of hydrogen-bond acceptors (Lipinski definition) is 4. The Hall–Kier alpha value is -2.56. The lowest BCUT2D eigenvalue weighted by atomic mass is 10.2. The first kappa shape index (κ1) is 11.9. The molecule has 0 aliphatic heterocycles. The Bertz CT molecular complexity index is 555. The number of rotatable bonds is 4. The van der Waals surface area contributed by atoms with Crippen LogP contribution in [0.25, 0.3) is 0 Å². The largest absolute Gasteiger partial charge is 0.502 e. The van der Waals surface area contributed by atoms with Gasteiger partial charge in [-0.25, -0.2) is 0 Å². The standard InChI is InChI=1S/C13H12N2O3/c16-12-8-4-7-11(13(12)15(17)18)14-9-10-5-2-1-3-6-10/h1-8,14,16H,9H2. The molecule has 0 heterocycles. The second-order valence-corrected chi connectivity index (χ2v) is 3.77. The van der Waals surface area contributed by atoms with E-state index in [4.69, 9.17) is 0 Å². The van der Waals surface area contributed by atoms with Gasteiger partial charge in [0.15, 0.2) is 5.75 Å². The lowest BCUT2D eigenvalue weighted by Crippen LogP contribution is -2.02. The van der Waals surface area contributed by atoms with Crippen LogP contribution in [0.4, 0.5) is 11.4 Å². The van der Waals surface area contributed by atoms with Gasteiger partial charge in [-0.15, -0.1) is 0 Å². The molecule has 0 atom stereocenters. The zero-order valence-electron chi connectivity index (χ0n) is 9.54. The molecule has 2 aromatic carbocycles. The molecule has 0 aliphatic carbocycles. The second kappa shape index (κ2) is 5.18. The van der Waals surface area contributed by atoms with Crippen LogP contribution in [0.5, 0.6) is 5.75 Å². The molecule has 0 fully saturated rings. The molecule has 18 heavy (non-hydrogen) atoms. The minimum absolute atomic E-state index is 0.298. The Labute approximate surface area is 104 Å². The van der Waals surface area contributed by atoms with E-state index in [0.717, 1.165) is 5.56 Å². The van der Waals surface area contributed by atoms with Crippen molar-refractivity contribution in [2.24, 2.45) is 0 Å². The van der Waals surface area contributed by atoms with Gasteiger partial charge in [0, 0.05) is 6.54 Å². The summed E-state index contributed by atoms with van der Waals surface area (Å²) >= 11 is 0. The van der Waals surface area contributed by atoms with E-state index in [1.165, 1.54) is 6.07 Å². The molecule has 0 radical (unpaired) electrons. The summed E-state index contributed by atoms with van der Waals surface area (Å²) in [6, 6.07) is 14.0. The predicted octanol–water partition coefficient (Wildman–Crippen LogP) is 2.91. The van der Waals surface area contributed by atoms with Gasteiger partial charge in [0.2, 0.25) is 0 Å². The Morgan fingerprint density at radius 3 is 2.50 bits per heavy atom. The SMILES string of the molecule is O=[N+]([O-])c1c(O)cccc1NCc1ccccc1. The van der Waals surface area contributed by atoms with Crippen molar-refractivity contribution in [3.05, 3.63) is 64.2 Å². The average molecular weight is 244 g/mol. The van der Waals surface area contributed by atoms with E-state index in [9.17, 15) is 15.2 Å². The number of phenols is 1. The number of phenolic OH excluding ortho intramolecular Hbond substituents is 1. The van der Waals surface area contributed by atoms with Gasteiger partial charge in [-0.3, -0.25) is 10.1 Å². The highest BCUT2D eigenvalue weighted by molar-refractivity contribution is 5.67. The Morgan fingerprint density at radius 1 is 1.11 bits per heavy atom. The topological polar surface area (TPSA) is 75.4 Å². The van der Waals surface area contributed by atoms with Gasteiger partial charge in [0.25, 0.3) is 0 Å². The second-order valence-electron chi connectivity index (χ2n) is 3.77. The number of hydrogen-bond donors (Lipinski definition) is 2. The number of nitro benzene ring substituents is 1. The summed E-state index contributed by atoms with van der Waals surface area (Å²) in [6.07, 6.45) is 0. The summed E-state index contributed by atoms with van der Waals surface area (Å²) in [5.74, 6) is -0.335. The van der Waals surface area contributed by atoms with E-state index in [0.29, 0.717) is 12.2 Å². The van der Waals surface area contributed by atoms with Gasteiger partial charge in [-0.2, -0.15) is 0 Å². The molecular weight excluding hydrogens is 232 g/mol. The molecular formula is C13H12N2O3. The van der Waals surface area contributed by atoms with Crippen molar-refractivity contribution in [1.29, 1.82) is 0 Å². The molecule has 0 saturated heterocycles. The van der Waals surface area contributed by atoms with Crippen LogP contribution in [-0.2, 0) is 6.54 Å². The molecule has 5 heteroatoms. The van der Waals surface area contributed by atoms with Crippen molar-refractivity contribution < 1.29 is 10.0 Å². The lowest BCUT2D eigenvalue weighted by Gasteiger charge is -2.07. The zero-order valence-corrected chi connectivity index (χ0v) is 9.54. The van der Waals surface area contributed by atoms with Gasteiger partial charge in [-0.1, -0.05) is 36.4 Å². The van der Waals surface area contributed by atoms with Crippen molar-refractivity contribution in [3.63, 3.8) is 0 Å². The third kappa shape index (κ3) is 2.57. The third-order valence-electron chi connectivity index (χ3n) is 2.52. The van der Waals surface area contributed by atoms with E-state index in [2.05, 4.69) is 5.32 Å². The zero-order chi connectivity index (χ0) is 13.0. The van der Waals surface area contributed by atoms with Crippen LogP contribution in [0.3, 0.4) is 0 Å². The fourth-order valence-corrected chi connectivity index (χ4v) is 1.66. The number of benzene rings is 2. The Morgan fingerprint density at radius 2 is 1.83 bits per heavy atom. The fourth-order valence-electron chi connectivity index (χ4n) is 1.66. The molecule has 0 amide bonds. The van der Waals surface area contributed by atoms with Gasteiger partial charge in [0.1, 0.15) is 5.69 Å². The minimum Gasteiger partial charge on any atom is -0.502 e. The number of para-hydroxylation sites is 1. The van der Waals surface area contributed by atoms with Crippen molar-refractivity contribution in [2.45, 2.75) is 6.54 Å². The van der Waals surface area contributed by atoms with E-state index in [1.54, 1.807) is 12.1 Å². The van der Waals surface area contributed by atoms with Crippen LogP contribution in [0, 0.1) is 10.1 Å². The summed E-state index contributed by atoms with van der Waals surface area (Å²) in [5, 5.41) is 23.3. The first-order valence-electron chi connectivity index (χ1n) is 5.42. The van der Waals surface area contributed by atoms with E-state index in [-0.39, 0.29) is 11.4 Å². The maximum absolute atomic E-state index is 10.9. The molecule has 92 valence electrons. The summed E-state index contributed by atoms with van der Waals surface area (Å²) in [5.41, 5.74) is 1.02.